The van der Waals surface area contributed by atoms with Crippen LogP contribution in [0, 0.1) is 0 Å². The number of carbonyl (C=O) groups excluding carboxylic acids is 1. The second-order valence-electron chi connectivity index (χ2n) is 6.27. The lowest BCUT2D eigenvalue weighted by molar-refractivity contribution is 0.0666. The number of benzene rings is 1. The van der Waals surface area contributed by atoms with Crippen molar-refractivity contribution in [2.75, 3.05) is 18.1 Å². The quantitative estimate of drug-likeness (QED) is 0.694. The Morgan fingerprint density at radius 2 is 2.04 bits per heavy atom. The Morgan fingerprint density at radius 1 is 1.33 bits per heavy atom. The van der Waals surface area contributed by atoms with Gasteiger partial charge >= 0.3 is 0 Å². The van der Waals surface area contributed by atoms with Crippen LogP contribution in [-0.2, 0) is 16.4 Å². The average Bonchev–Trinajstić information content (AvgIpc) is 3.24. The van der Waals surface area contributed by atoms with E-state index >= 15 is 0 Å². The fourth-order valence-electron chi connectivity index (χ4n) is 3.09. The SMILES string of the molecule is CCOc1c(Cl)cc(C(=O)N(Cc2ccco2)[C@@H]2CCS(=O)(=O)C2)cc1Cl. The molecule has 1 atom stereocenters. The molecular formula is C18H19Cl2NO5S. The molecule has 0 unspecified atom stereocenters. The van der Waals surface area contributed by atoms with Crippen LogP contribution in [0.4, 0.5) is 0 Å². The minimum Gasteiger partial charge on any atom is -0.491 e. The molecule has 1 aromatic heterocycles. The number of hydrogen-bond acceptors (Lipinski definition) is 5. The van der Waals surface area contributed by atoms with E-state index in [4.69, 9.17) is 32.4 Å². The summed E-state index contributed by atoms with van der Waals surface area (Å²) in [4.78, 5) is 14.7. The number of ether oxygens (including phenoxy) is 1. The second-order valence-corrected chi connectivity index (χ2v) is 9.31. The van der Waals surface area contributed by atoms with Gasteiger partial charge in [0.25, 0.3) is 5.91 Å². The molecule has 1 aromatic carbocycles. The fraction of sp³-hybridized carbons (Fsp3) is 0.389. The second kappa shape index (κ2) is 8.12. The standard InChI is InChI=1S/C18H19Cl2NO5S/c1-2-25-17-15(19)8-12(9-16(17)20)18(22)21(10-14-4-3-6-26-14)13-5-7-27(23,24)11-13/h3-4,6,8-9,13H,2,5,7,10-11H2,1H3/t13-/m1/s1. The molecule has 0 saturated carbocycles. The van der Waals surface area contributed by atoms with Crippen molar-refractivity contribution in [1.82, 2.24) is 4.90 Å². The van der Waals surface area contributed by atoms with E-state index in [-0.39, 0.29) is 39.6 Å². The summed E-state index contributed by atoms with van der Waals surface area (Å²) < 4.78 is 34.6. The topological polar surface area (TPSA) is 76.8 Å². The summed E-state index contributed by atoms with van der Waals surface area (Å²) in [5.41, 5.74) is 0.268. The third-order valence-electron chi connectivity index (χ3n) is 4.35. The summed E-state index contributed by atoms with van der Waals surface area (Å²) in [5, 5.41) is 0.453. The van der Waals surface area contributed by atoms with E-state index in [1.54, 1.807) is 19.1 Å². The molecular weight excluding hydrogens is 413 g/mol. The van der Waals surface area contributed by atoms with Gasteiger partial charge < -0.3 is 14.1 Å². The van der Waals surface area contributed by atoms with Crippen molar-refractivity contribution in [2.24, 2.45) is 0 Å². The van der Waals surface area contributed by atoms with Gasteiger partial charge in [-0.15, -0.1) is 0 Å². The third kappa shape index (κ3) is 4.59. The van der Waals surface area contributed by atoms with Crippen LogP contribution in [0.1, 0.15) is 29.5 Å². The van der Waals surface area contributed by atoms with Crippen LogP contribution in [0.3, 0.4) is 0 Å². The first kappa shape index (κ1) is 20.0. The van der Waals surface area contributed by atoms with Crippen LogP contribution in [-0.4, -0.2) is 43.4 Å². The number of nitrogens with zero attached hydrogens (tertiary/aromatic N) is 1. The molecule has 3 rings (SSSR count). The summed E-state index contributed by atoms with van der Waals surface area (Å²) in [6.07, 6.45) is 1.89. The first-order valence-electron chi connectivity index (χ1n) is 8.46. The summed E-state index contributed by atoms with van der Waals surface area (Å²) >= 11 is 12.4. The number of halogens is 2. The number of rotatable bonds is 6. The van der Waals surface area contributed by atoms with E-state index < -0.39 is 15.9 Å². The smallest absolute Gasteiger partial charge is 0.254 e. The van der Waals surface area contributed by atoms with Crippen LogP contribution in [0.25, 0.3) is 0 Å². The third-order valence-corrected chi connectivity index (χ3v) is 6.66. The van der Waals surface area contributed by atoms with Gasteiger partial charge in [-0.25, -0.2) is 8.42 Å². The van der Waals surface area contributed by atoms with Gasteiger partial charge in [0.05, 0.1) is 41.0 Å². The first-order chi connectivity index (χ1) is 12.8. The normalized spacial score (nSPS) is 18.4. The molecule has 0 spiro atoms. The molecule has 9 heteroatoms. The van der Waals surface area contributed by atoms with Gasteiger partial charge in [-0.05, 0) is 37.6 Å². The van der Waals surface area contributed by atoms with Gasteiger partial charge in [-0.2, -0.15) is 0 Å². The van der Waals surface area contributed by atoms with E-state index in [0.717, 1.165) is 0 Å². The first-order valence-corrected chi connectivity index (χ1v) is 11.0. The molecule has 1 amide bonds. The monoisotopic (exact) mass is 431 g/mol. The minimum absolute atomic E-state index is 0.0599. The maximum atomic E-state index is 13.2. The van der Waals surface area contributed by atoms with Crippen LogP contribution in [0.2, 0.25) is 10.0 Å². The number of furan rings is 1. The average molecular weight is 432 g/mol. The van der Waals surface area contributed by atoms with Gasteiger partial charge in [-0.1, -0.05) is 23.2 Å². The van der Waals surface area contributed by atoms with E-state index in [2.05, 4.69) is 0 Å². The zero-order valence-electron chi connectivity index (χ0n) is 14.7. The Morgan fingerprint density at radius 3 is 2.56 bits per heavy atom. The molecule has 0 aliphatic carbocycles. The predicted molar refractivity (Wildman–Crippen MR) is 103 cm³/mol. The Hall–Kier alpha value is -1.70. The number of amides is 1. The van der Waals surface area contributed by atoms with Crippen molar-refractivity contribution in [3.63, 3.8) is 0 Å². The van der Waals surface area contributed by atoms with Gasteiger partial charge in [0.15, 0.2) is 15.6 Å². The maximum absolute atomic E-state index is 13.2. The maximum Gasteiger partial charge on any atom is 0.254 e. The van der Waals surface area contributed by atoms with Gasteiger partial charge in [0, 0.05) is 11.6 Å². The molecule has 1 fully saturated rings. The highest BCUT2D eigenvalue weighted by Gasteiger charge is 2.35. The van der Waals surface area contributed by atoms with Gasteiger partial charge in [0.1, 0.15) is 5.76 Å². The molecule has 0 bridgehead atoms. The van der Waals surface area contributed by atoms with Crippen molar-refractivity contribution in [3.8, 4) is 5.75 Å². The van der Waals surface area contributed by atoms with Crippen molar-refractivity contribution >= 4 is 38.9 Å². The summed E-state index contributed by atoms with van der Waals surface area (Å²) in [6.45, 7) is 2.35. The molecule has 2 heterocycles. The van der Waals surface area contributed by atoms with Crippen LogP contribution in [0.5, 0.6) is 5.75 Å². The van der Waals surface area contributed by atoms with Crippen LogP contribution >= 0.6 is 23.2 Å². The van der Waals surface area contributed by atoms with Crippen LogP contribution < -0.4 is 4.74 Å². The van der Waals surface area contributed by atoms with E-state index in [1.807, 2.05) is 0 Å². The van der Waals surface area contributed by atoms with Crippen molar-refractivity contribution in [1.29, 1.82) is 0 Å². The Labute approximate surface area is 167 Å². The van der Waals surface area contributed by atoms with Crippen molar-refractivity contribution in [2.45, 2.75) is 25.9 Å². The van der Waals surface area contributed by atoms with E-state index in [1.165, 1.54) is 23.3 Å². The highest BCUT2D eigenvalue weighted by atomic mass is 35.5. The molecule has 2 aromatic rings. The van der Waals surface area contributed by atoms with E-state index in [0.29, 0.717) is 24.5 Å². The lowest BCUT2D eigenvalue weighted by Crippen LogP contribution is -2.40. The molecule has 0 radical (unpaired) electrons. The highest BCUT2D eigenvalue weighted by Crippen LogP contribution is 2.35. The molecule has 146 valence electrons. The van der Waals surface area contributed by atoms with Crippen LogP contribution in [0.15, 0.2) is 34.9 Å². The van der Waals surface area contributed by atoms with Crippen molar-refractivity contribution in [3.05, 3.63) is 51.9 Å². The molecule has 1 saturated heterocycles. The Kier molecular flexibility index (Phi) is 6.03. The minimum atomic E-state index is -3.16. The van der Waals surface area contributed by atoms with Crippen molar-refractivity contribution < 1.29 is 22.4 Å². The fourth-order valence-corrected chi connectivity index (χ4v) is 5.42. The summed E-state index contributed by atoms with van der Waals surface area (Å²) in [5.74, 6) is 0.511. The molecule has 6 nitrogen and oxygen atoms in total. The van der Waals surface area contributed by atoms with Gasteiger partial charge in [0.2, 0.25) is 0 Å². The van der Waals surface area contributed by atoms with Gasteiger partial charge in [-0.3, -0.25) is 4.79 Å². The predicted octanol–water partition coefficient (Wildman–Crippen LogP) is 3.81. The Bertz CT molecular complexity index is 904. The highest BCUT2D eigenvalue weighted by molar-refractivity contribution is 7.91. The molecule has 1 aliphatic rings. The lowest BCUT2D eigenvalue weighted by atomic mass is 10.1. The molecule has 1 aliphatic heterocycles. The number of hydrogen-bond donors (Lipinski definition) is 0. The zero-order chi connectivity index (χ0) is 19.6. The Balaban J connectivity index is 1.93. The summed E-state index contributed by atoms with van der Waals surface area (Å²) in [6, 6.07) is 5.99. The zero-order valence-corrected chi connectivity index (χ0v) is 17.0. The summed E-state index contributed by atoms with van der Waals surface area (Å²) in [7, 11) is -3.16. The number of sulfone groups is 1. The molecule has 27 heavy (non-hydrogen) atoms. The molecule has 0 N–H and O–H groups in total. The van der Waals surface area contributed by atoms with E-state index in [9.17, 15) is 13.2 Å². The number of carbonyl (C=O) groups is 1. The largest absolute Gasteiger partial charge is 0.491 e. The lowest BCUT2D eigenvalue weighted by Gasteiger charge is -2.28.